The molecule has 0 saturated carbocycles. The lowest BCUT2D eigenvalue weighted by atomic mass is 10.1. The zero-order chi connectivity index (χ0) is 20.5. The number of carbonyl (C=O) groups excluding carboxylic acids is 3. The number of hydrogen-bond acceptors (Lipinski definition) is 6. The molecule has 6 nitrogen and oxygen atoms in total. The van der Waals surface area contributed by atoms with Crippen LogP contribution in [0.15, 0.2) is 70.0 Å². The highest BCUT2D eigenvalue weighted by Crippen LogP contribution is 2.36. The van der Waals surface area contributed by atoms with E-state index in [9.17, 15) is 19.5 Å². The maximum absolute atomic E-state index is 12.7. The van der Waals surface area contributed by atoms with Crippen LogP contribution in [0.1, 0.15) is 16.1 Å². The van der Waals surface area contributed by atoms with Gasteiger partial charge in [0.05, 0.1) is 16.6 Å². The summed E-state index contributed by atoms with van der Waals surface area (Å²) in [6.45, 7) is 0. The van der Waals surface area contributed by atoms with Crippen molar-refractivity contribution in [2.75, 3.05) is 4.90 Å². The Morgan fingerprint density at radius 1 is 1.07 bits per heavy atom. The number of hydrogen-bond donors (Lipinski definition) is 0. The Hall–Kier alpha value is -3.29. The molecule has 0 aliphatic carbocycles. The average molecular weight is 425 g/mol. The highest BCUT2D eigenvalue weighted by atomic mass is 35.5. The Morgan fingerprint density at radius 2 is 1.83 bits per heavy atom. The van der Waals surface area contributed by atoms with Crippen LogP contribution >= 0.6 is 23.4 Å². The van der Waals surface area contributed by atoms with E-state index in [0.717, 1.165) is 16.7 Å². The zero-order valence-corrected chi connectivity index (χ0v) is 16.2. The molecule has 144 valence electrons. The molecule has 2 aromatic carbocycles. The number of halogens is 1. The largest absolute Gasteiger partial charge is 0.545 e. The summed E-state index contributed by atoms with van der Waals surface area (Å²) in [6, 6.07) is 15.8. The van der Waals surface area contributed by atoms with Crippen LogP contribution < -0.4 is 10.0 Å². The summed E-state index contributed by atoms with van der Waals surface area (Å²) < 4.78 is 5.70. The van der Waals surface area contributed by atoms with Crippen LogP contribution in [0.3, 0.4) is 0 Å². The van der Waals surface area contributed by atoms with E-state index in [0.29, 0.717) is 27.8 Å². The Balaban J connectivity index is 1.60. The van der Waals surface area contributed by atoms with Crippen molar-refractivity contribution in [3.8, 4) is 11.3 Å². The summed E-state index contributed by atoms with van der Waals surface area (Å²) in [5.74, 6) is -0.953. The summed E-state index contributed by atoms with van der Waals surface area (Å²) in [5, 5.41) is 11.1. The summed E-state index contributed by atoms with van der Waals surface area (Å²) in [6.07, 6.45) is 1.48. The fourth-order valence-electron chi connectivity index (χ4n) is 2.79. The molecule has 1 aliphatic heterocycles. The van der Waals surface area contributed by atoms with Gasteiger partial charge in [0.2, 0.25) is 0 Å². The first-order chi connectivity index (χ1) is 13.9. The second-order valence-electron chi connectivity index (χ2n) is 6.06. The maximum atomic E-state index is 12.7. The van der Waals surface area contributed by atoms with Crippen molar-refractivity contribution in [1.29, 1.82) is 0 Å². The third kappa shape index (κ3) is 3.83. The number of carboxylic acids is 1. The number of nitrogens with zero attached hydrogens (tertiary/aromatic N) is 1. The fraction of sp³-hybridized carbons (Fsp3) is 0. The number of amides is 2. The second-order valence-corrected chi connectivity index (χ2v) is 7.49. The minimum absolute atomic E-state index is 0.0320. The number of aromatic carboxylic acids is 1. The number of furan rings is 1. The molecule has 2 amide bonds. The van der Waals surface area contributed by atoms with Crippen molar-refractivity contribution >= 4 is 52.2 Å². The van der Waals surface area contributed by atoms with E-state index in [1.54, 1.807) is 48.5 Å². The van der Waals surface area contributed by atoms with Crippen molar-refractivity contribution in [2.24, 2.45) is 0 Å². The predicted octanol–water partition coefficient (Wildman–Crippen LogP) is 4.20. The first-order valence-corrected chi connectivity index (χ1v) is 9.57. The quantitative estimate of drug-likeness (QED) is 0.583. The van der Waals surface area contributed by atoms with E-state index in [1.165, 1.54) is 18.2 Å². The first-order valence-electron chi connectivity index (χ1n) is 8.37. The molecular weight excluding hydrogens is 414 g/mol. The van der Waals surface area contributed by atoms with Crippen molar-refractivity contribution < 1.29 is 23.9 Å². The molecule has 1 saturated heterocycles. The lowest BCUT2D eigenvalue weighted by Gasteiger charge is -2.11. The van der Waals surface area contributed by atoms with Gasteiger partial charge in [-0.3, -0.25) is 9.59 Å². The van der Waals surface area contributed by atoms with Crippen LogP contribution in [0.25, 0.3) is 17.4 Å². The zero-order valence-electron chi connectivity index (χ0n) is 14.6. The molecule has 0 spiro atoms. The monoisotopic (exact) mass is 424 g/mol. The predicted molar refractivity (Wildman–Crippen MR) is 108 cm³/mol. The van der Waals surface area contributed by atoms with Crippen LogP contribution in [-0.4, -0.2) is 17.1 Å². The minimum Gasteiger partial charge on any atom is -0.545 e. The van der Waals surface area contributed by atoms with Crippen LogP contribution in [0, 0.1) is 0 Å². The van der Waals surface area contributed by atoms with Gasteiger partial charge in [0.1, 0.15) is 11.5 Å². The van der Waals surface area contributed by atoms with E-state index in [-0.39, 0.29) is 10.5 Å². The number of thioether (sulfide) groups is 1. The van der Waals surface area contributed by atoms with Gasteiger partial charge in [-0.25, -0.2) is 4.90 Å². The number of rotatable bonds is 4. The molecule has 1 aromatic heterocycles. The third-order valence-electron chi connectivity index (χ3n) is 4.16. The number of imide groups is 1. The Bertz CT molecular complexity index is 1170. The van der Waals surface area contributed by atoms with Crippen LogP contribution in [0.4, 0.5) is 10.5 Å². The van der Waals surface area contributed by atoms with Gasteiger partial charge < -0.3 is 14.3 Å². The summed E-state index contributed by atoms with van der Waals surface area (Å²) in [4.78, 5) is 37.3. The highest BCUT2D eigenvalue weighted by molar-refractivity contribution is 8.19. The van der Waals surface area contributed by atoms with Crippen molar-refractivity contribution in [2.45, 2.75) is 0 Å². The molecule has 0 bridgehead atoms. The molecule has 0 N–H and O–H groups in total. The SMILES string of the molecule is O=C([O-])c1cccc(-c2ccc(/C=C3/SC(=O)N(c4ccc(Cl)cc4)C3=O)o2)c1. The topological polar surface area (TPSA) is 90.6 Å². The Labute approximate surface area is 174 Å². The fourth-order valence-corrected chi connectivity index (χ4v) is 3.74. The molecule has 0 atom stereocenters. The first kappa shape index (κ1) is 19.0. The lowest BCUT2D eigenvalue weighted by Crippen LogP contribution is -2.27. The van der Waals surface area contributed by atoms with E-state index >= 15 is 0 Å². The lowest BCUT2D eigenvalue weighted by molar-refractivity contribution is -0.255. The van der Waals surface area contributed by atoms with Gasteiger partial charge in [0.15, 0.2) is 0 Å². The van der Waals surface area contributed by atoms with Crippen molar-refractivity contribution in [1.82, 2.24) is 0 Å². The molecule has 0 unspecified atom stereocenters. The molecule has 8 heteroatoms. The van der Waals surface area contributed by atoms with Crippen LogP contribution in [-0.2, 0) is 4.79 Å². The van der Waals surface area contributed by atoms with E-state index in [1.807, 2.05) is 0 Å². The standard InChI is InChI=1S/C21H12ClNO5S/c22-14-4-6-15(7-5-14)23-19(24)18(29-21(23)27)11-16-8-9-17(28-16)12-2-1-3-13(10-12)20(25)26/h1-11H,(H,25,26)/p-1/b18-11+. The summed E-state index contributed by atoms with van der Waals surface area (Å²) in [7, 11) is 0. The van der Waals surface area contributed by atoms with Crippen molar-refractivity contribution in [3.05, 3.63) is 81.9 Å². The van der Waals surface area contributed by atoms with E-state index in [2.05, 4.69) is 0 Å². The van der Waals surface area contributed by atoms with Crippen LogP contribution in [0.2, 0.25) is 5.02 Å². The minimum atomic E-state index is -1.28. The molecule has 1 fully saturated rings. The van der Waals surface area contributed by atoms with E-state index < -0.39 is 17.1 Å². The van der Waals surface area contributed by atoms with Gasteiger partial charge in [-0.15, -0.1) is 0 Å². The number of carboxylic acid groups (broad SMARTS) is 1. The molecule has 1 aliphatic rings. The second kappa shape index (κ2) is 7.62. The van der Waals surface area contributed by atoms with Crippen LogP contribution in [0.5, 0.6) is 0 Å². The summed E-state index contributed by atoms with van der Waals surface area (Å²) in [5.41, 5.74) is 1.02. The molecule has 29 heavy (non-hydrogen) atoms. The normalized spacial score (nSPS) is 15.3. The summed E-state index contributed by atoms with van der Waals surface area (Å²) >= 11 is 6.66. The molecular formula is C21H11ClNO5S-. The van der Waals surface area contributed by atoms with Gasteiger partial charge in [-0.05, 0) is 59.8 Å². The van der Waals surface area contributed by atoms with Gasteiger partial charge in [-0.1, -0.05) is 29.8 Å². The van der Waals surface area contributed by atoms with Gasteiger partial charge in [0, 0.05) is 16.7 Å². The number of anilines is 1. The molecule has 3 aromatic rings. The maximum Gasteiger partial charge on any atom is 0.298 e. The smallest absolute Gasteiger partial charge is 0.298 e. The van der Waals surface area contributed by atoms with Gasteiger partial charge in [-0.2, -0.15) is 0 Å². The Kier molecular flexibility index (Phi) is 5.00. The van der Waals surface area contributed by atoms with Gasteiger partial charge >= 0.3 is 0 Å². The third-order valence-corrected chi connectivity index (χ3v) is 5.28. The number of benzene rings is 2. The van der Waals surface area contributed by atoms with Crippen molar-refractivity contribution in [3.63, 3.8) is 0 Å². The number of carbonyl (C=O) groups is 3. The highest BCUT2D eigenvalue weighted by Gasteiger charge is 2.36. The molecule has 4 rings (SSSR count). The Morgan fingerprint density at radius 3 is 2.55 bits per heavy atom. The van der Waals surface area contributed by atoms with Gasteiger partial charge in [0.25, 0.3) is 11.1 Å². The average Bonchev–Trinajstić information content (AvgIpc) is 3.28. The van der Waals surface area contributed by atoms with E-state index in [4.69, 9.17) is 16.0 Å². The molecule has 0 radical (unpaired) electrons. The molecule has 2 heterocycles.